The molecule has 2 rings (SSSR count). The molecule has 0 radical (unpaired) electrons. The predicted octanol–water partition coefficient (Wildman–Crippen LogP) is 2.94. The molecule has 5 nitrogen and oxygen atoms in total. The quantitative estimate of drug-likeness (QED) is 0.889. The molecule has 1 aromatic carbocycles. The number of nitrogens with one attached hydrogen (secondary N) is 2. The average Bonchev–Trinajstić information content (AvgIpc) is 2.47. The molecule has 110 valence electrons. The van der Waals surface area contributed by atoms with Crippen molar-refractivity contribution in [2.45, 2.75) is 13.5 Å². The number of nitrogens with zero attached hydrogens (tertiary/aromatic N) is 1. The summed E-state index contributed by atoms with van der Waals surface area (Å²) in [4.78, 5) is 15.6. The molecule has 2 amide bonds. The van der Waals surface area contributed by atoms with E-state index in [4.69, 9.17) is 4.74 Å². The number of pyridine rings is 1. The topological polar surface area (TPSA) is 63.2 Å². The van der Waals surface area contributed by atoms with Crippen molar-refractivity contribution in [2.24, 2.45) is 0 Å². The van der Waals surface area contributed by atoms with E-state index in [9.17, 15) is 9.18 Å². The van der Waals surface area contributed by atoms with Crippen molar-refractivity contribution in [1.29, 1.82) is 0 Å². The first-order valence-corrected chi connectivity index (χ1v) is 6.56. The lowest BCUT2D eigenvalue weighted by Crippen LogP contribution is -2.28. The summed E-state index contributed by atoms with van der Waals surface area (Å²) in [5.41, 5.74) is 0.697. The summed E-state index contributed by atoms with van der Waals surface area (Å²) >= 11 is 0. The van der Waals surface area contributed by atoms with Crippen LogP contribution in [0, 0.1) is 5.82 Å². The molecular weight excluding hydrogens is 273 g/mol. The number of hydrogen-bond donors (Lipinski definition) is 2. The zero-order valence-electron chi connectivity index (χ0n) is 11.6. The number of ether oxygens (including phenoxy) is 1. The highest BCUT2D eigenvalue weighted by Gasteiger charge is 2.08. The van der Waals surface area contributed by atoms with Crippen LogP contribution in [0.25, 0.3) is 0 Å². The normalized spacial score (nSPS) is 10.0. The largest absolute Gasteiger partial charge is 0.485 e. The van der Waals surface area contributed by atoms with Crippen LogP contribution in [-0.4, -0.2) is 17.6 Å². The van der Waals surface area contributed by atoms with E-state index in [1.807, 2.05) is 6.92 Å². The molecule has 2 aromatic rings. The zero-order valence-corrected chi connectivity index (χ0v) is 11.6. The lowest BCUT2D eigenvalue weighted by molar-refractivity contribution is 0.252. The minimum absolute atomic E-state index is 0.188. The average molecular weight is 289 g/mol. The summed E-state index contributed by atoms with van der Waals surface area (Å²) in [5, 5.41) is 5.21. The van der Waals surface area contributed by atoms with E-state index >= 15 is 0 Å². The maximum Gasteiger partial charge on any atom is 0.320 e. The Morgan fingerprint density at radius 2 is 2.19 bits per heavy atom. The predicted molar refractivity (Wildman–Crippen MR) is 77.7 cm³/mol. The Labute approximate surface area is 122 Å². The van der Waals surface area contributed by atoms with E-state index in [1.165, 1.54) is 12.1 Å². The molecule has 0 unspecified atom stereocenters. The molecule has 0 atom stereocenters. The van der Waals surface area contributed by atoms with Crippen molar-refractivity contribution >= 4 is 11.8 Å². The number of hydrogen-bond acceptors (Lipinski definition) is 3. The molecule has 6 heteroatoms. The Morgan fingerprint density at radius 1 is 1.33 bits per heavy atom. The van der Waals surface area contributed by atoms with Gasteiger partial charge in [0.15, 0.2) is 11.6 Å². The number of aromatic nitrogens is 1. The van der Waals surface area contributed by atoms with Crippen molar-refractivity contribution in [2.75, 3.05) is 11.9 Å². The van der Waals surface area contributed by atoms with Gasteiger partial charge in [-0.15, -0.1) is 0 Å². The van der Waals surface area contributed by atoms with Crippen LogP contribution < -0.4 is 15.4 Å². The van der Waals surface area contributed by atoms with E-state index in [1.54, 1.807) is 30.5 Å². The number of benzene rings is 1. The molecule has 1 heterocycles. The van der Waals surface area contributed by atoms with Gasteiger partial charge in [0.25, 0.3) is 0 Å². The van der Waals surface area contributed by atoms with Gasteiger partial charge in [0.05, 0.1) is 0 Å². The molecular formula is C15H16FN3O2. The molecule has 0 saturated heterocycles. The van der Waals surface area contributed by atoms with Gasteiger partial charge in [-0.05, 0) is 36.8 Å². The van der Waals surface area contributed by atoms with Crippen LogP contribution in [0.15, 0.2) is 42.6 Å². The second-order valence-corrected chi connectivity index (χ2v) is 4.25. The SMILES string of the molecule is CCNC(=O)Nc1ncccc1OCc1cccc(F)c1. The molecule has 0 aliphatic carbocycles. The summed E-state index contributed by atoms with van der Waals surface area (Å²) in [6.07, 6.45) is 1.55. The minimum atomic E-state index is -0.355. The minimum Gasteiger partial charge on any atom is -0.485 e. The maximum atomic E-state index is 13.1. The highest BCUT2D eigenvalue weighted by molar-refractivity contribution is 5.89. The van der Waals surface area contributed by atoms with Crippen LogP contribution in [0.4, 0.5) is 15.0 Å². The molecule has 0 fully saturated rings. The van der Waals surface area contributed by atoms with Crippen molar-refractivity contribution in [1.82, 2.24) is 10.3 Å². The van der Waals surface area contributed by atoms with Crippen LogP contribution in [0.5, 0.6) is 5.75 Å². The third-order valence-electron chi connectivity index (χ3n) is 2.62. The molecule has 0 saturated carbocycles. The van der Waals surface area contributed by atoms with E-state index in [0.717, 1.165) is 0 Å². The first kappa shape index (κ1) is 14.8. The molecule has 0 aliphatic rings. The first-order chi connectivity index (χ1) is 10.2. The fourth-order valence-electron chi connectivity index (χ4n) is 1.70. The van der Waals surface area contributed by atoms with Crippen LogP contribution in [-0.2, 0) is 6.61 Å². The highest BCUT2D eigenvalue weighted by atomic mass is 19.1. The lowest BCUT2D eigenvalue weighted by atomic mass is 10.2. The van der Waals surface area contributed by atoms with Gasteiger partial charge in [-0.1, -0.05) is 12.1 Å². The molecule has 1 aromatic heterocycles. The lowest BCUT2D eigenvalue weighted by Gasteiger charge is -2.11. The Hall–Kier alpha value is -2.63. The fraction of sp³-hybridized carbons (Fsp3) is 0.200. The summed E-state index contributed by atoms with van der Waals surface area (Å²) < 4.78 is 18.7. The molecule has 2 N–H and O–H groups in total. The Balaban J connectivity index is 2.04. The number of anilines is 1. The summed E-state index contributed by atoms with van der Waals surface area (Å²) in [6.45, 7) is 2.52. The van der Waals surface area contributed by atoms with Gasteiger partial charge in [-0.25, -0.2) is 14.2 Å². The van der Waals surface area contributed by atoms with Crippen LogP contribution in [0.3, 0.4) is 0 Å². The van der Waals surface area contributed by atoms with Crippen molar-refractivity contribution in [3.63, 3.8) is 0 Å². The molecule has 0 bridgehead atoms. The van der Waals surface area contributed by atoms with Gasteiger partial charge in [0, 0.05) is 12.7 Å². The van der Waals surface area contributed by atoms with Crippen LogP contribution >= 0.6 is 0 Å². The molecule has 0 spiro atoms. The van der Waals surface area contributed by atoms with Gasteiger partial charge >= 0.3 is 6.03 Å². The number of carbonyl (C=O) groups excluding carboxylic acids is 1. The smallest absolute Gasteiger partial charge is 0.320 e. The number of urea groups is 1. The van der Waals surface area contributed by atoms with Crippen molar-refractivity contribution in [3.8, 4) is 5.75 Å². The van der Waals surface area contributed by atoms with Crippen molar-refractivity contribution in [3.05, 3.63) is 54.0 Å². The zero-order chi connectivity index (χ0) is 15.1. The number of halogens is 1. The van der Waals surface area contributed by atoms with Crippen LogP contribution in [0.1, 0.15) is 12.5 Å². The number of rotatable bonds is 5. The number of carbonyl (C=O) groups is 1. The second kappa shape index (κ2) is 7.23. The second-order valence-electron chi connectivity index (χ2n) is 4.25. The van der Waals surface area contributed by atoms with Crippen molar-refractivity contribution < 1.29 is 13.9 Å². The van der Waals surface area contributed by atoms with Gasteiger partial charge in [0.2, 0.25) is 0 Å². The summed E-state index contributed by atoms with van der Waals surface area (Å²) in [5.74, 6) is 0.427. The third kappa shape index (κ3) is 4.45. The Morgan fingerprint density at radius 3 is 2.95 bits per heavy atom. The van der Waals surface area contributed by atoms with E-state index < -0.39 is 0 Å². The van der Waals surface area contributed by atoms with Gasteiger partial charge < -0.3 is 10.1 Å². The van der Waals surface area contributed by atoms with E-state index in [2.05, 4.69) is 15.6 Å². The van der Waals surface area contributed by atoms with Gasteiger partial charge in [0.1, 0.15) is 12.4 Å². The third-order valence-corrected chi connectivity index (χ3v) is 2.62. The molecule has 21 heavy (non-hydrogen) atoms. The van der Waals surface area contributed by atoms with Gasteiger partial charge in [-0.2, -0.15) is 0 Å². The van der Waals surface area contributed by atoms with E-state index in [0.29, 0.717) is 23.7 Å². The van der Waals surface area contributed by atoms with E-state index in [-0.39, 0.29) is 18.5 Å². The fourth-order valence-corrected chi connectivity index (χ4v) is 1.70. The Bertz CT molecular complexity index is 619. The maximum absolute atomic E-state index is 13.1. The summed E-state index contributed by atoms with van der Waals surface area (Å²) in [6, 6.07) is 9.17. The number of amides is 2. The van der Waals surface area contributed by atoms with Crippen LogP contribution in [0.2, 0.25) is 0 Å². The summed E-state index contributed by atoms with van der Waals surface area (Å²) in [7, 11) is 0. The first-order valence-electron chi connectivity index (χ1n) is 6.56. The molecule has 0 aliphatic heterocycles. The standard InChI is InChI=1S/C15H16FN3O2/c1-2-17-15(20)19-14-13(7-4-8-18-14)21-10-11-5-3-6-12(16)9-11/h3-9H,2,10H2,1H3,(H2,17,18,19,20). The highest BCUT2D eigenvalue weighted by Crippen LogP contribution is 2.22. The monoisotopic (exact) mass is 289 g/mol. The van der Waals surface area contributed by atoms with Gasteiger partial charge in [-0.3, -0.25) is 5.32 Å². The Kier molecular flexibility index (Phi) is 5.09.